The summed E-state index contributed by atoms with van der Waals surface area (Å²) in [7, 11) is 0. The number of fused-ring (bicyclic) bond motifs is 2. The van der Waals surface area contributed by atoms with Gasteiger partial charge >= 0.3 is 0 Å². The van der Waals surface area contributed by atoms with E-state index in [0.717, 1.165) is 12.8 Å². The minimum absolute atomic E-state index is 0.279. The molecule has 8 aromatic carbocycles. The molecular weight excluding hydrogens is 577 g/mol. The molecule has 2 unspecified atom stereocenters. The molecule has 230 valence electrons. The zero-order chi connectivity index (χ0) is 32.1. The van der Waals surface area contributed by atoms with Crippen molar-refractivity contribution in [2.75, 3.05) is 0 Å². The van der Waals surface area contributed by atoms with Crippen LogP contribution in [0.1, 0.15) is 45.2 Å². The number of hydrogen-bond donors (Lipinski definition) is 0. The summed E-state index contributed by atoms with van der Waals surface area (Å²) < 4.78 is 0. The van der Waals surface area contributed by atoms with Gasteiger partial charge in [0.25, 0.3) is 0 Å². The van der Waals surface area contributed by atoms with Crippen molar-refractivity contribution in [1.29, 1.82) is 0 Å². The highest BCUT2D eigenvalue weighted by molar-refractivity contribution is 5.87. The molecule has 0 bridgehead atoms. The van der Waals surface area contributed by atoms with Crippen LogP contribution < -0.4 is 0 Å². The van der Waals surface area contributed by atoms with Gasteiger partial charge < -0.3 is 0 Å². The molecule has 0 saturated heterocycles. The summed E-state index contributed by atoms with van der Waals surface area (Å²) in [4.78, 5) is 0. The Kier molecular flexibility index (Phi) is 8.38. The predicted octanol–water partition coefficient (Wildman–Crippen LogP) is 12.4. The van der Waals surface area contributed by atoms with E-state index in [1.165, 1.54) is 66.1 Å². The lowest BCUT2D eigenvalue weighted by Crippen LogP contribution is -2.06. The standard InChI is InChI=1S/C48H38/c1-3-13-41(14-4-1)47(45-23-11-19-39-17-7-9-21-43(39)45)33-35-25-29-37(30-26-35)38-31-27-36(28-32-38)34-48(42-15-5-2-6-16-42)46-24-12-20-40-18-8-10-22-44(40)46/h1-32,47-48H,33-34H2. The molecule has 0 heteroatoms. The zero-order valence-corrected chi connectivity index (χ0v) is 27.0. The highest BCUT2D eigenvalue weighted by atomic mass is 14.2. The van der Waals surface area contributed by atoms with Gasteiger partial charge in [-0.1, -0.05) is 194 Å². The fourth-order valence-corrected chi connectivity index (χ4v) is 7.43. The van der Waals surface area contributed by atoms with Gasteiger partial charge in [0.2, 0.25) is 0 Å². The Bertz CT molecular complexity index is 2090. The molecule has 0 fully saturated rings. The SMILES string of the molecule is c1ccc(C(Cc2ccc(-c3ccc(CC(c4ccccc4)c4cccc5ccccc45)cc3)cc2)c2cccc3ccccc23)cc1. The van der Waals surface area contributed by atoms with Gasteiger partial charge in [0, 0.05) is 11.8 Å². The first-order valence-corrected chi connectivity index (χ1v) is 17.0. The van der Waals surface area contributed by atoms with Crippen LogP contribution in [0.3, 0.4) is 0 Å². The van der Waals surface area contributed by atoms with E-state index in [4.69, 9.17) is 0 Å². The van der Waals surface area contributed by atoms with Gasteiger partial charge in [0.05, 0.1) is 0 Å². The summed E-state index contributed by atoms with van der Waals surface area (Å²) in [5.74, 6) is 0.559. The summed E-state index contributed by atoms with van der Waals surface area (Å²) in [6, 6.07) is 71.3. The van der Waals surface area contributed by atoms with Gasteiger partial charge in [-0.3, -0.25) is 0 Å². The molecule has 0 nitrogen and oxygen atoms in total. The Morgan fingerprint density at radius 3 is 1.06 bits per heavy atom. The maximum absolute atomic E-state index is 2.32. The second-order valence-corrected chi connectivity index (χ2v) is 12.9. The second-order valence-electron chi connectivity index (χ2n) is 12.9. The maximum Gasteiger partial charge on any atom is 0.0136 e. The van der Waals surface area contributed by atoms with Crippen molar-refractivity contribution in [1.82, 2.24) is 0 Å². The molecule has 0 N–H and O–H groups in total. The molecule has 0 aromatic heterocycles. The molecule has 8 aromatic rings. The highest BCUT2D eigenvalue weighted by Crippen LogP contribution is 2.36. The lowest BCUT2D eigenvalue weighted by Gasteiger charge is -2.21. The molecule has 0 saturated carbocycles. The molecule has 0 aliphatic rings. The number of rotatable bonds is 9. The van der Waals surface area contributed by atoms with Crippen molar-refractivity contribution in [2.24, 2.45) is 0 Å². The summed E-state index contributed by atoms with van der Waals surface area (Å²) in [5.41, 5.74) is 10.7. The van der Waals surface area contributed by atoms with E-state index in [2.05, 4.69) is 194 Å². The summed E-state index contributed by atoms with van der Waals surface area (Å²) in [5, 5.41) is 5.25. The topological polar surface area (TPSA) is 0 Å². The van der Waals surface area contributed by atoms with E-state index in [1.807, 2.05) is 0 Å². The van der Waals surface area contributed by atoms with E-state index in [1.54, 1.807) is 0 Å². The Labute approximate surface area is 284 Å². The van der Waals surface area contributed by atoms with E-state index in [0.29, 0.717) is 0 Å². The van der Waals surface area contributed by atoms with Crippen LogP contribution in [0.2, 0.25) is 0 Å². The van der Waals surface area contributed by atoms with Gasteiger partial charge in [-0.15, -0.1) is 0 Å². The largest absolute Gasteiger partial charge is 0.0622 e. The Morgan fingerprint density at radius 2 is 0.646 bits per heavy atom. The van der Waals surface area contributed by atoms with Gasteiger partial charge in [-0.2, -0.15) is 0 Å². The van der Waals surface area contributed by atoms with Crippen LogP contribution in [-0.4, -0.2) is 0 Å². The van der Waals surface area contributed by atoms with Gasteiger partial charge in [-0.25, -0.2) is 0 Å². The minimum atomic E-state index is 0.279. The fraction of sp³-hybridized carbons (Fsp3) is 0.0833. The lowest BCUT2D eigenvalue weighted by molar-refractivity contribution is 0.812. The second kappa shape index (κ2) is 13.6. The van der Waals surface area contributed by atoms with Gasteiger partial charge in [-0.05, 0) is 78.9 Å². The Morgan fingerprint density at radius 1 is 0.292 bits per heavy atom. The first-order valence-electron chi connectivity index (χ1n) is 17.0. The molecule has 0 aliphatic carbocycles. The van der Waals surface area contributed by atoms with Gasteiger partial charge in [0.1, 0.15) is 0 Å². The zero-order valence-electron chi connectivity index (χ0n) is 27.0. The Hall–Kier alpha value is -5.72. The first kappa shape index (κ1) is 29.7. The third-order valence-electron chi connectivity index (χ3n) is 9.92. The van der Waals surface area contributed by atoms with Crippen LogP contribution in [-0.2, 0) is 12.8 Å². The van der Waals surface area contributed by atoms with Crippen molar-refractivity contribution in [3.8, 4) is 11.1 Å². The monoisotopic (exact) mass is 614 g/mol. The summed E-state index contributed by atoms with van der Waals surface area (Å²) >= 11 is 0. The van der Waals surface area contributed by atoms with Crippen LogP contribution in [0, 0.1) is 0 Å². The molecule has 0 aliphatic heterocycles. The van der Waals surface area contributed by atoms with Crippen LogP contribution in [0.5, 0.6) is 0 Å². The third-order valence-corrected chi connectivity index (χ3v) is 9.92. The smallest absolute Gasteiger partial charge is 0.0136 e. The lowest BCUT2D eigenvalue weighted by atomic mass is 9.83. The molecule has 0 amide bonds. The van der Waals surface area contributed by atoms with Crippen LogP contribution in [0.4, 0.5) is 0 Å². The average Bonchev–Trinajstić information content (AvgIpc) is 3.17. The normalized spacial score (nSPS) is 12.6. The number of hydrogen-bond acceptors (Lipinski definition) is 0. The minimum Gasteiger partial charge on any atom is -0.0622 e. The van der Waals surface area contributed by atoms with Crippen molar-refractivity contribution < 1.29 is 0 Å². The molecule has 2 atom stereocenters. The van der Waals surface area contributed by atoms with E-state index >= 15 is 0 Å². The predicted molar refractivity (Wildman–Crippen MR) is 204 cm³/mol. The van der Waals surface area contributed by atoms with Crippen molar-refractivity contribution in [2.45, 2.75) is 24.7 Å². The average molecular weight is 615 g/mol. The third kappa shape index (κ3) is 6.18. The number of benzene rings is 8. The molecule has 0 spiro atoms. The molecular formula is C48H38. The quantitative estimate of drug-likeness (QED) is 0.152. The summed E-state index contributed by atoms with van der Waals surface area (Å²) in [6.07, 6.45) is 1.90. The van der Waals surface area contributed by atoms with Crippen molar-refractivity contribution in [3.63, 3.8) is 0 Å². The van der Waals surface area contributed by atoms with Gasteiger partial charge in [0.15, 0.2) is 0 Å². The molecule has 8 rings (SSSR count). The van der Waals surface area contributed by atoms with E-state index in [9.17, 15) is 0 Å². The molecule has 0 radical (unpaired) electrons. The van der Waals surface area contributed by atoms with Crippen LogP contribution >= 0.6 is 0 Å². The van der Waals surface area contributed by atoms with E-state index < -0.39 is 0 Å². The van der Waals surface area contributed by atoms with Crippen LogP contribution in [0.15, 0.2) is 194 Å². The van der Waals surface area contributed by atoms with E-state index in [-0.39, 0.29) is 11.8 Å². The molecule has 48 heavy (non-hydrogen) atoms. The maximum atomic E-state index is 2.32. The Balaban J connectivity index is 1.05. The van der Waals surface area contributed by atoms with Crippen molar-refractivity contribution in [3.05, 3.63) is 228 Å². The first-order chi connectivity index (χ1) is 23.8. The van der Waals surface area contributed by atoms with Crippen molar-refractivity contribution >= 4 is 21.5 Å². The highest BCUT2D eigenvalue weighted by Gasteiger charge is 2.19. The fourth-order valence-electron chi connectivity index (χ4n) is 7.43. The van der Waals surface area contributed by atoms with Crippen LogP contribution in [0.25, 0.3) is 32.7 Å². The molecule has 0 heterocycles. The summed E-state index contributed by atoms with van der Waals surface area (Å²) in [6.45, 7) is 0.